The van der Waals surface area contributed by atoms with Crippen LogP contribution >= 0.6 is 35.6 Å². The molecule has 0 saturated carbocycles. The molecule has 0 atom stereocenters. The van der Waals surface area contributed by atoms with Crippen LogP contribution in [0.5, 0.6) is 5.75 Å². The van der Waals surface area contributed by atoms with Crippen LogP contribution in [0.2, 0.25) is 10.0 Å². The predicted molar refractivity (Wildman–Crippen MR) is 138 cm³/mol. The van der Waals surface area contributed by atoms with Crippen molar-refractivity contribution in [3.8, 4) is 5.75 Å². The van der Waals surface area contributed by atoms with Crippen LogP contribution in [0.3, 0.4) is 0 Å². The van der Waals surface area contributed by atoms with Gasteiger partial charge in [0.2, 0.25) is 0 Å². The monoisotopic (exact) mass is 488 g/mol. The second-order valence-corrected chi connectivity index (χ2v) is 8.49. The van der Waals surface area contributed by atoms with Gasteiger partial charge in [-0.3, -0.25) is 0 Å². The molecule has 0 saturated heterocycles. The molecule has 0 spiro atoms. The van der Waals surface area contributed by atoms with Gasteiger partial charge in [0.1, 0.15) is 5.75 Å². The average Bonchev–Trinajstić information content (AvgIpc) is 3.04. The molecule has 168 valence electrons. The Morgan fingerprint density at radius 3 is 2.47 bits per heavy atom. The predicted octanol–water partition coefficient (Wildman–Crippen LogP) is 7.07. The maximum atomic E-state index is 6.45. The highest BCUT2D eigenvalue weighted by Crippen LogP contribution is 2.29. The standard InChI is InChI=1S/C26H26Cl2N2O.ClH/c1-18-23(16-29-14-13-19-7-3-6-10-26(19)31-2)22-8-4-5-9-25(22)30(18)17-20-11-12-21(27)15-24(20)28;/h3-12,15,29H,13-14,16-17H2,1-2H3;1H. The van der Waals surface area contributed by atoms with Gasteiger partial charge in [-0.25, -0.2) is 0 Å². The van der Waals surface area contributed by atoms with Crippen LogP contribution in [-0.4, -0.2) is 18.2 Å². The Balaban J connectivity index is 0.00000289. The Morgan fingerprint density at radius 1 is 0.938 bits per heavy atom. The number of benzene rings is 3. The number of para-hydroxylation sites is 2. The number of rotatable bonds is 8. The van der Waals surface area contributed by atoms with Gasteiger partial charge in [-0.05, 0) is 60.8 Å². The van der Waals surface area contributed by atoms with E-state index in [1.165, 1.54) is 27.7 Å². The lowest BCUT2D eigenvalue weighted by atomic mass is 10.1. The summed E-state index contributed by atoms with van der Waals surface area (Å²) >= 11 is 12.5. The van der Waals surface area contributed by atoms with Crippen LogP contribution in [0.15, 0.2) is 66.7 Å². The van der Waals surface area contributed by atoms with E-state index in [1.807, 2.05) is 24.3 Å². The van der Waals surface area contributed by atoms with E-state index in [4.69, 9.17) is 27.9 Å². The molecule has 6 heteroatoms. The SMILES string of the molecule is COc1ccccc1CCNCc1c(C)n(Cc2ccc(Cl)cc2Cl)c2ccccc12.Cl. The molecule has 0 aliphatic carbocycles. The highest BCUT2D eigenvalue weighted by atomic mass is 35.5. The van der Waals surface area contributed by atoms with E-state index in [0.29, 0.717) is 16.6 Å². The first-order valence-electron chi connectivity index (χ1n) is 10.4. The summed E-state index contributed by atoms with van der Waals surface area (Å²) in [5.74, 6) is 0.942. The third-order valence-electron chi connectivity index (χ3n) is 5.77. The maximum absolute atomic E-state index is 6.45. The highest BCUT2D eigenvalue weighted by Gasteiger charge is 2.15. The Labute approximate surface area is 205 Å². The molecule has 0 fully saturated rings. The van der Waals surface area contributed by atoms with E-state index in [9.17, 15) is 0 Å². The second kappa shape index (κ2) is 11.1. The van der Waals surface area contributed by atoms with Crippen molar-refractivity contribution in [3.05, 3.63) is 99.2 Å². The van der Waals surface area contributed by atoms with Crippen molar-refractivity contribution in [2.45, 2.75) is 26.4 Å². The summed E-state index contributed by atoms with van der Waals surface area (Å²) in [5, 5.41) is 6.24. The molecular formula is C26H27Cl3N2O. The van der Waals surface area contributed by atoms with Crippen molar-refractivity contribution in [2.24, 2.45) is 0 Å². The largest absolute Gasteiger partial charge is 0.496 e. The summed E-state index contributed by atoms with van der Waals surface area (Å²) in [6, 6.07) is 22.4. The van der Waals surface area contributed by atoms with E-state index < -0.39 is 0 Å². The molecule has 0 bridgehead atoms. The van der Waals surface area contributed by atoms with Gasteiger partial charge < -0.3 is 14.6 Å². The van der Waals surface area contributed by atoms with E-state index in [2.05, 4.69) is 53.2 Å². The molecule has 32 heavy (non-hydrogen) atoms. The fourth-order valence-electron chi connectivity index (χ4n) is 4.10. The molecule has 0 amide bonds. The van der Waals surface area contributed by atoms with Crippen molar-refractivity contribution < 1.29 is 4.74 Å². The first-order chi connectivity index (χ1) is 15.1. The smallest absolute Gasteiger partial charge is 0.122 e. The second-order valence-electron chi connectivity index (χ2n) is 7.64. The minimum Gasteiger partial charge on any atom is -0.496 e. The van der Waals surface area contributed by atoms with Crippen molar-refractivity contribution >= 4 is 46.5 Å². The molecule has 1 aromatic heterocycles. The summed E-state index contributed by atoms with van der Waals surface area (Å²) in [6.07, 6.45) is 0.919. The van der Waals surface area contributed by atoms with Crippen molar-refractivity contribution in [1.82, 2.24) is 9.88 Å². The van der Waals surface area contributed by atoms with Crippen molar-refractivity contribution in [2.75, 3.05) is 13.7 Å². The molecule has 0 aliphatic rings. The van der Waals surface area contributed by atoms with Crippen LogP contribution in [0.1, 0.15) is 22.4 Å². The van der Waals surface area contributed by atoms with E-state index >= 15 is 0 Å². The molecule has 0 radical (unpaired) electrons. The number of ether oxygens (including phenoxy) is 1. The van der Waals surface area contributed by atoms with Gasteiger partial charge in [0.05, 0.1) is 7.11 Å². The lowest BCUT2D eigenvalue weighted by Crippen LogP contribution is -2.17. The minimum atomic E-state index is 0. The summed E-state index contributed by atoms with van der Waals surface area (Å²) in [4.78, 5) is 0. The molecule has 3 aromatic carbocycles. The Morgan fingerprint density at radius 2 is 1.69 bits per heavy atom. The molecule has 0 aliphatic heterocycles. The fourth-order valence-corrected chi connectivity index (χ4v) is 4.56. The lowest BCUT2D eigenvalue weighted by molar-refractivity contribution is 0.409. The summed E-state index contributed by atoms with van der Waals surface area (Å²) in [5.41, 5.74) is 6.06. The van der Waals surface area contributed by atoms with Gasteiger partial charge in [0.15, 0.2) is 0 Å². The number of hydrogen-bond donors (Lipinski definition) is 1. The van der Waals surface area contributed by atoms with Gasteiger partial charge in [-0.1, -0.05) is 65.7 Å². The molecule has 0 unspecified atom stereocenters. The van der Waals surface area contributed by atoms with Gasteiger partial charge in [-0.2, -0.15) is 0 Å². The Kier molecular flexibility index (Phi) is 8.50. The molecule has 1 heterocycles. The van der Waals surface area contributed by atoms with Crippen LogP contribution in [0, 0.1) is 6.92 Å². The van der Waals surface area contributed by atoms with Crippen molar-refractivity contribution in [3.63, 3.8) is 0 Å². The number of nitrogens with zero attached hydrogens (tertiary/aromatic N) is 1. The van der Waals surface area contributed by atoms with Crippen LogP contribution in [0.4, 0.5) is 0 Å². The zero-order valence-electron chi connectivity index (χ0n) is 18.2. The summed E-state index contributed by atoms with van der Waals surface area (Å²) < 4.78 is 7.80. The molecule has 4 rings (SSSR count). The van der Waals surface area contributed by atoms with E-state index in [1.54, 1.807) is 13.2 Å². The summed E-state index contributed by atoms with van der Waals surface area (Å²) in [6.45, 7) is 4.58. The van der Waals surface area contributed by atoms with Gasteiger partial charge in [0.25, 0.3) is 0 Å². The third kappa shape index (κ3) is 5.24. The van der Waals surface area contributed by atoms with Crippen LogP contribution in [-0.2, 0) is 19.5 Å². The zero-order chi connectivity index (χ0) is 21.8. The first kappa shape index (κ1) is 24.5. The number of aromatic nitrogens is 1. The Bertz CT molecular complexity index is 1200. The van der Waals surface area contributed by atoms with Crippen molar-refractivity contribution in [1.29, 1.82) is 0 Å². The molecule has 1 N–H and O–H groups in total. The highest BCUT2D eigenvalue weighted by molar-refractivity contribution is 6.35. The number of nitrogens with one attached hydrogen (secondary N) is 1. The quantitative estimate of drug-likeness (QED) is 0.268. The fraction of sp³-hybridized carbons (Fsp3) is 0.231. The Hall–Kier alpha value is -2.17. The average molecular weight is 490 g/mol. The molecular weight excluding hydrogens is 463 g/mol. The maximum Gasteiger partial charge on any atom is 0.122 e. The first-order valence-corrected chi connectivity index (χ1v) is 11.2. The topological polar surface area (TPSA) is 26.2 Å². The minimum absolute atomic E-state index is 0. The van der Waals surface area contributed by atoms with Gasteiger partial charge in [-0.15, -0.1) is 12.4 Å². The van der Waals surface area contributed by atoms with Gasteiger partial charge in [0, 0.05) is 39.7 Å². The normalized spacial score (nSPS) is 10.9. The number of halogens is 3. The van der Waals surface area contributed by atoms with E-state index in [0.717, 1.165) is 30.8 Å². The lowest BCUT2D eigenvalue weighted by Gasteiger charge is -2.12. The molecule has 3 nitrogen and oxygen atoms in total. The number of hydrogen-bond acceptors (Lipinski definition) is 2. The molecule has 4 aromatic rings. The number of methoxy groups -OCH3 is 1. The van der Waals surface area contributed by atoms with Crippen LogP contribution in [0.25, 0.3) is 10.9 Å². The van der Waals surface area contributed by atoms with E-state index in [-0.39, 0.29) is 12.4 Å². The van der Waals surface area contributed by atoms with Gasteiger partial charge >= 0.3 is 0 Å². The summed E-state index contributed by atoms with van der Waals surface area (Å²) in [7, 11) is 1.72. The zero-order valence-corrected chi connectivity index (χ0v) is 20.5. The number of fused-ring (bicyclic) bond motifs is 1. The third-order valence-corrected chi connectivity index (χ3v) is 6.36. The van der Waals surface area contributed by atoms with Crippen LogP contribution < -0.4 is 10.1 Å².